The molecule has 0 saturated heterocycles. The van der Waals surface area contributed by atoms with Crippen molar-refractivity contribution in [2.45, 2.75) is 13.3 Å². The molecular weight excluding hydrogens is 168 g/mol. The van der Waals surface area contributed by atoms with Crippen molar-refractivity contribution in [3.63, 3.8) is 0 Å². The number of rotatable bonds is 2. The Morgan fingerprint density at radius 2 is 2.15 bits per heavy atom. The third-order valence-electron chi connectivity index (χ3n) is 1.87. The zero-order valence-electron chi connectivity index (χ0n) is 7.70. The summed E-state index contributed by atoms with van der Waals surface area (Å²) < 4.78 is 5.06. The predicted octanol–water partition coefficient (Wildman–Crippen LogP) is 1.32. The van der Waals surface area contributed by atoms with Gasteiger partial charge >= 0.3 is 0 Å². The van der Waals surface area contributed by atoms with Crippen LogP contribution in [0.2, 0.25) is 0 Å². The quantitative estimate of drug-likeness (QED) is 0.746. The Bertz CT molecular complexity index is 358. The smallest absolute Gasteiger partial charge is 0.220 e. The first-order valence-electron chi connectivity index (χ1n) is 4.09. The second kappa shape index (κ2) is 3.94. The molecule has 13 heavy (non-hydrogen) atoms. The third kappa shape index (κ3) is 1.99. The molecule has 3 heteroatoms. The standard InChI is InChI=1S/C10H12O3/c1-3-7-6-9(12)8(11)4-5-10(7)13-2/h4-6H,3H2,1-2H3,(H,11,12). The number of aromatic hydroxyl groups is 1. The van der Waals surface area contributed by atoms with Crippen molar-refractivity contribution in [1.82, 2.24) is 0 Å². The summed E-state index contributed by atoms with van der Waals surface area (Å²) in [5, 5.41) is 9.15. The highest BCUT2D eigenvalue weighted by molar-refractivity contribution is 5.36. The van der Waals surface area contributed by atoms with Gasteiger partial charge in [-0.05, 0) is 30.2 Å². The van der Waals surface area contributed by atoms with Gasteiger partial charge in [-0.25, -0.2) is 0 Å². The minimum Gasteiger partial charge on any atom is -0.504 e. The van der Waals surface area contributed by atoms with Gasteiger partial charge in [0.05, 0.1) is 7.11 Å². The number of methoxy groups -OCH3 is 1. The number of hydrogen-bond donors (Lipinski definition) is 1. The van der Waals surface area contributed by atoms with Crippen molar-refractivity contribution in [3.8, 4) is 11.5 Å². The Kier molecular flexibility index (Phi) is 2.90. The molecular formula is C10H12O3. The Morgan fingerprint density at radius 3 is 2.69 bits per heavy atom. The molecule has 70 valence electrons. The maximum atomic E-state index is 11.2. The number of ether oxygens (including phenoxy) is 1. The lowest BCUT2D eigenvalue weighted by Gasteiger charge is -2.00. The van der Waals surface area contributed by atoms with Gasteiger partial charge in [0.1, 0.15) is 5.75 Å². The normalized spacial score (nSPS) is 9.69. The summed E-state index contributed by atoms with van der Waals surface area (Å²) in [6.07, 6.45) is 0.701. The minimum atomic E-state index is -0.375. The predicted molar refractivity (Wildman–Crippen MR) is 50.3 cm³/mol. The van der Waals surface area contributed by atoms with E-state index in [-0.39, 0.29) is 11.2 Å². The van der Waals surface area contributed by atoms with E-state index in [1.54, 1.807) is 6.07 Å². The van der Waals surface area contributed by atoms with Gasteiger partial charge in [-0.2, -0.15) is 0 Å². The molecule has 0 aliphatic rings. The van der Waals surface area contributed by atoms with Crippen LogP contribution in [0.4, 0.5) is 0 Å². The highest BCUT2D eigenvalue weighted by Crippen LogP contribution is 2.17. The topological polar surface area (TPSA) is 46.5 Å². The maximum Gasteiger partial charge on any atom is 0.220 e. The van der Waals surface area contributed by atoms with Gasteiger partial charge in [0.25, 0.3) is 0 Å². The van der Waals surface area contributed by atoms with E-state index in [0.29, 0.717) is 12.2 Å². The zero-order chi connectivity index (χ0) is 9.84. The lowest BCUT2D eigenvalue weighted by molar-refractivity contribution is 0.410. The van der Waals surface area contributed by atoms with E-state index in [1.807, 2.05) is 6.92 Å². The molecule has 0 heterocycles. The van der Waals surface area contributed by atoms with E-state index in [0.717, 1.165) is 5.56 Å². The van der Waals surface area contributed by atoms with E-state index < -0.39 is 0 Å². The lowest BCUT2D eigenvalue weighted by atomic mass is 10.2. The summed E-state index contributed by atoms with van der Waals surface area (Å²) in [6.45, 7) is 1.92. The summed E-state index contributed by atoms with van der Waals surface area (Å²) in [5.74, 6) is 0.373. The minimum absolute atomic E-state index is 0.252. The largest absolute Gasteiger partial charge is 0.504 e. The lowest BCUT2D eigenvalue weighted by Crippen LogP contribution is -1.95. The molecule has 0 saturated carbocycles. The molecule has 1 rings (SSSR count). The van der Waals surface area contributed by atoms with Crippen molar-refractivity contribution in [2.75, 3.05) is 7.11 Å². The molecule has 3 nitrogen and oxygen atoms in total. The molecule has 1 N–H and O–H groups in total. The summed E-state index contributed by atoms with van der Waals surface area (Å²) >= 11 is 0. The molecule has 0 atom stereocenters. The van der Waals surface area contributed by atoms with Crippen molar-refractivity contribution in [1.29, 1.82) is 0 Å². The SMILES string of the molecule is CCc1cc(=O)c(O)ccc1OC. The molecule has 0 unspecified atom stereocenters. The van der Waals surface area contributed by atoms with Crippen LogP contribution in [0.1, 0.15) is 12.5 Å². The maximum absolute atomic E-state index is 11.2. The first-order chi connectivity index (χ1) is 6.19. The average molecular weight is 180 g/mol. The third-order valence-corrected chi connectivity index (χ3v) is 1.87. The molecule has 1 aromatic carbocycles. The summed E-state index contributed by atoms with van der Waals surface area (Å²) in [7, 11) is 1.54. The van der Waals surface area contributed by atoms with Crippen LogP contribution in [0.15, 0.2) is 23.0 Å². The van der Waals surface area contributed by atoms with Gasteiger partial charge in [0.15, 0.2) is 5.75 Å². The highest BCUT2D eigenvalue weighted by Gasteiger charge is 2.01. The Labute approximate surface area is 76.6 Å². The van der Waals surface area contributed by atoms with E-state index in [2.05, 4.69) is 0 Å². The van der Waals surface area contributed by atoms with Crippen LogP contribution >= 0.6 is 0 Å². The van der Waals surface area contributed by atoms with Crippen LogP contribution in [-0.2, 0) is 6.42 Å². The fraction of sp³-hybridized carbons (Fsp3) is 0.300. The molecule has 0 aromatic heterocycles. The monoisotopic (exact) mass is 180 g/mol. The summed E-state index contributed by atoms with van der Waals surface area (Å²) in [6, 6.07) is 4.34. The molecule has 0 fully saturated rings. The van der Waals surface area contributed by atoms with Gasteiger partial charge in [-0.1, -0.05) is 6.92 Å². The van der Waals surface area contributed by atoms with Crippen molar-refractivity contribution < 1.29 is 9.84 Å². The van der Waals surface area contributed by atoms with Gasteiger partial charge in [-0.3, -0.25) is 4.79 Å². The van der Waals surface area contributed by atoms with Crippen LogP contribution in [-0.4, -0.2) is 12.2 Å². The van der Waals surface area contributed by atoms with Crippen molar-refractivity contribution in [3.05, 3.63) is 34.0 Å². The van der Waals surface area contributed by atoms with Crippen LogP contribution in [0.3, 0.4) is 0 Å². The van der Waals surface area contributed by atoms with E-state index in [4.69, 9.17) is 9.84 Å². The fourth-order valence-electron chi connectivity index (χ4n) is 1.12. The molecule has 0 aliphatic heterocycles. The van der Waals surface area contributed by atoms with Gasteiger partial charge in [0, 0.05) is 0 Å². The summed E-state index contributed by atoms with van der Waals surface area (Å²) in [4.78, 5) is 11.2. The van der Waals surface area contributed by atoms with Gasteiger partial charge in [-0.15, -0.1) is 0 Å². The molecule has 0 bridgehead atoms. The molecule has 0 spiro atoms. The molecule has 0 amide bonds. The van der Waals surface area contributed by atoms with Crippen LogP contribution < -0.4 is 10.2 Å². The summed E-state index contributed by atoms with van der Waals surface area (Å²) in [5.41, 5.74) is 0.424. The fourth-order valence-corrected chi connectivity index (χ4v) is 1.12. The second-order valence-corrected chi connectivity index (χ2v) is 2.67. The Hall–Kier alpha value is -1.51. The zero-order valence-corrected chi connectivity index (χ0v) is 7.70. The molecule has 1 aromatic rings. The Balaban J connectivity index is 3.43. The van der Waals surface area contributed by atoms with Crippen molar-refractivity contribution >= 4 is 0 Å². The van der Waals surface area contributed by atoms with E-state index in [1.165, 1.54) is 19.2 Å². The van der Waals surface area contributed by atoms with Crippen molar-refractivity contribution in [2.24, 2.45) is 0 Å². The molecule has 0 aliphatic carbocycles. The number of aryl methyl sites for hydroxylation is 1. The second-order valence-electron chi connectivity index (χ2n) is 2.67. The van der Waals surface area contributed by atoms with Crippen LogP contribution in [0.25, 0.3) is 0 Å². The van der Waals surface area contributed by atoms with E-state index >= 15 is 0 Å². The van der Waals surface area contributed by atoms with Gasteiger partial charge < -0.3 is 9.84 Å². The van der Waals surface area contributed by atoms with Gasteiger partial charge in [0.2, 0.25) is 5.43 Å². The highest BCUT2D eigenvalue weighted by atomic mass is 16.5. The Morgan fingerprint density at radius 1 is 1.46 bits per heavy atom. The van der Waals surface area contributed by atoms with Crippen LogP contribution in [0, 0.1) is 0 Å². The molecule has 0 radical (unpaired) electrons. The van der Waals surface area contributed by atoms with E-state index in [9.17, 15) is 4.79 Å². The number of hydrogen-bond acceptors (Lipinski definition) is 3. The van der Waals surface area contributed by atoms with Crippen LogP contribution in [0.5, 0.6) is 11.5 Å². The first kappa shape index (κ1) is 9.58. The first-order valence-corrected chi connectivity index (χ1v) is 4.09. The average Bonchev–Trinajstić information content (AvgIpc) is 2.27.